The molecule has 21 heavy (non-hydrogen) atoms. The number of rotatable bonds is 7. The van der Waals surface area contributed by atoms with Gasteiger partial charge in [0.05, 0.1) is 0 Å². The number of hydrogen-bond donors (Lipinski definition) is 2. The molecule has 126 valence electrons. The second-order valence-corrected chi connectivity index (χ2v) is 9.37. The molecule has 0 aliphatic carbocycles. The van der Waals surface area contributed by atoms with Crippen LogP contribution in [-0.4, -0.2) is 44.9 Å². The Morgan fingerprint density at radius 2 is 1.76 bits per heavy atom. The first-order chi connectivity index (χ1) is 9.60. The Kier molecular flexibility index (Phi) is 7.10. The van der Waals surface area contributed by atoms with Crippen molar-refractivity contribution in [2.24, 2.45) is 11.3 Å². The zero-order valence-electron chi connectivity index (χ0n) is 14.3. The standard InChI is InChI=1S/C15H33N3O2S/c1-13(2)16-12-14-6-10-18(11-7-14)21(19,20)17-9-8-15(3,4)5/h13-14,16-17H,6-12H2,1-5H3. The van der Waals surface area contributed by atoms with E-state index in [0.717, 1.165) is 25.8 Å². The molecule has 0 unspecified atom stereocenters. The summed E-state index contributed by atoms with van der Waals surface area (Å²) in [5.74, 6) is 0.591. The molecule has 1 saturated heterocycles. The summed E-state index contributed by atoms with van der Waals surface area (Å²) in [5.41, 5.74) is 0.151. The molecule has 6 heteroatoms. The van der Waals surface area contributed by atoms with E-state index in [1.165, 1.54) is 0 Å². The first-order valence-corrected chi connectivity index (χ1v) is 9.52. The minimum atomic E-state index is -3.30. The highest BCUT2D eigenvalue weighted by Gasteiger charge is 2.27. The number of nitrogens with zero attached hydrogens (tertiary/aromatic N) is 1. The van der Waals surface area contributed by atoms with Crippen molar-refractivity contribution in [2.45, 2.75) is 59.9 Å². The first-order valence-electron chi connectivity index (χ1n) is 8.08. The van der Waals surface area contributed by atoms with Crippen molar-refractivity contribution in [3.8, 4) is 0 Å². The van der Waals surface area contributed by atoms with Gasteiger partial charge < -0.3 is 5.32 Å². The second kappa shape index (κ2) is 7.90. The van der Waals surface area contributed by atoms with Crippen LogP contribution in [-0.2, 0) is 10.2 Å². The van der Waals surface area contributed by atoms with Gasteiger partial charge >= 0.3 is 0 Å². The smallest absolute Gasteiger partial charge is 0.279 e. The van der Waals surface area contributed by atoms with E-state index in [1.54, 1.807) is 4.31 Å². The summed E-state index contributed by atoms with van der Waals surface area (Å²) in [6.45, 7) is 13.4. The molecule has 1 aliphatic rings. The van der Waals surface area contributed by atoms with Crippen molar-refractivity contribution < 1.29 is 8.42 Å². The minimum absolute atomic E-state index is 0.151. The third kappa shape index (κ3) is 7.58. The Bertz CT molecular complexity index is 394. The van der Waals surface area contributed by atoms with E-state index in [-0.39, 0.29) is 5.41 Å². The summed E-state index contributed by atoms with van der Waals surface area (Å²) in [6.07, 6.45) is 2.74. The molecule has 1 aliphatic heterocycles. The van der Waals surface area contributed by atoms with Crippen molar-refractivity contribution >= 4 is 10.2 Å². The molecule has 0 spiro atoms. The molecule has 1 heterocycles. The maximum Gasteiger partial charge on any atom is 0.279 e. The van der Waals surface area contributed by atoms with Crippen LogP contribution in [0.15, 0.2) is 0 Å². The van der Waals surface area contributed by atoms with Crippen molar-refractivity contribution in [1.29, 1.82) is 0 Å². The molecule has 0 radical (unpaired) electrons. The quantitative estimate of drug-likeness (QED) is 0.754. The molecule has 1 fully saturated rings. The molecular weight excluding hydrogens is 286 g/mol. The molecule has 1 rings (SSSR count). The Morgan fingerprint density at radius 1 is 1.19 bits per heavy atom. The van der Waals surface area contributed by atoms with E-state index < -0.39 is 10.2 Å². The lowest BCUT2D eigenvalue weighted by molar-refractivity contribution is 0.261. The Balaban J connectivity index is 2.35. The molecule has 0 bridgehead atoms. The monoisotopic (exact) mass is 319 g/mol. The number of nitrogens with one attached hydrogen (secondary N) is 2. The fourth-order valence-electron chi connectivity index (χ4n) is 2.40. The van der Waals surface area contributed by atoms with E-state index >= 15 is 0 Å². The van der Waals surface area contributed by atoms with Crippen LogP contribution in [0.2, 0.25) is 0 Å². The van der Waals surface area contributed by atoms with Crippen molar-refractivity contribution in [3.05, 3.63) is 0 Å². The fourth-order valence-corrected chi connectivity index (χ4v) is 3.64. The minimum Gasteiger partial charge on any atom is -0.314 e. The summed E-state index contributed by atoms with van der Waals surface area (Å²) >= 11 is 0. The molecule has 0 amide bonds. The molecule has 2 N–H and O–H groups in total. The van der Waals surface area contributed by atoms with Crippen LogP contribution in [0.4, 0.5) is 0 Å². The summed E-state index contributed by atoms with van der Waals surface area (Å²) in [4.78, 5) is 0. The van der Waals surface area contributed by atoms with E-state index in [4.69, 9.17) is 0 Å². The topological polar surface area (TPSA) is 61.4 Å². The van der Waals surface area contributed by atoms with Crippen molar-refractivity contribution in [3.63, 3.8) is 0 Å². The van der Waals surface area contributed by atoms with E-state index in [9.17, 15) is 8.42 Å². The predicted molar refractivity (Wildman–Crippen MR) is 88.4 cm³/mol. The third-order valence-electron chi connectivity index (χ3n) is 3.89. The summed E-state index contributed by atoms with van der Waals surface area (Å²) < 4.78 is 28.8. The van der Waals surface area contributed by atoms with Crippen molar-refractivity contribution in [2.75, 3.05) is 26.2 Å². The summed E-state index contributed by atoms with van der Waals surface area (Å²) in [6, 6.07) is 0.492. The van der Waals surface area contributed by atoms with Gasteiger partial charge in [0, 0.05) is 25.7 Å². The van der Waals surface area contributed by atoms with E-state index in [1.807, 2.05) is 0 Å². The first kappa shape index (κ1) is 18.9. The zero-order valence-corrected chi connectivity index (χ0v) is 15.1. The maximum absolute atomic E-state index is 12.2. The SMILES string of the molecule is CC(C)NCC1CCN(S(=O)(=O)NCCC(C)(C)C)CC1. The van der Waals surface area contributed by atoms with Crippen LogP contribution in [0.25, 0.3) is 0 Å². The van der Waals surface area contributed by atoms with Crippen LogP contribution in [0.5, 0.6) is 0 Å². The van der Waals surface area contributed by atoms with Crippen LogP contribution < -0.4 is 10.0 Å². The molecule has 5 nitrogen and oxygen atoms in total. The molecule has 0 aromatic carbocycles. The van der Waals surface area contributed by atoms with Gasteiger partial charge in [0.2, 0.25) is 0 Å². The van der Waals surface area contributed by atoms with Gasteiger partial charge in [-0.1, -0.05) is 34.6 Å². The second-order valence-electron chi connectivity index (χ2n) is 7.62. The summed E-state index contributed by atoms with van der Waals surface area (Å²) in [7, 11) is -3.30. The maximum atomic E-state index is 12.2. The molecular formula is C15H33N3O2S. The van der Waals surface area contributed by atoms with Crippen LogP contribution in [0, 0.1) is 11.3 Å². The average molecular weight is 320 g/mol. The lowest BCUT2D eigenvalue weighted by atomic mass is 9.93. The average Bonchev–Trinajstić information content (AvgIpc) is 2.35. The number of piperidine rings is 1. The largest absolute Gasteiger partial charge is 0.314 e. The Labute approximate surface area is 131 Å². The molecule has 0 atom stereocenters. The lowest BCUT2D eigenvalue weighted by Gasteiger charge is -2.32. The van der Waals surface area contributed by atoms with Gasteiger partial charge in [-0.15, -0.1) is 0 Å². The molecule has 0 aromatic heterocycles. The third-order valence-corrected chi connectivity index (χ3v) is 5.50. The van der Waals surface area contributed by atoms with Crippen molar-refractivity contribution in [1.82, 2.24) is 14.3 Å². The molecule has 0 aromatic rings. The van der Waals surface area contributed by atoms with Crippen LogP contribution in [0.3, 0.4) is 0 Å². The fraction of sp³-hybridized carbons (Fsp3) is 1.00. The normalized spacial score (nSPS) is 19.3. The number of hydrogen-bond acceptors (Lipinski definition) is 3. The Hall–Kier alpha value is -0.170. The van der Waals surface area contributed by atoms with Crippen LogP contribution in [0.1, 0.15) is 53.9 Å². The van der Waals surface area contributed by atoms with Gasteiger partial charge in [-0.3, -0.25) is 0 Å². The van der Waals surface area contributed by atoms with Gasteiger partial charge in [-0.05, 0) is 37.1 Å². The van der Waals surface area contributed by atoms with Gasteiger partial charge in [-0.2, -0.15) is 12.7 Å². The highest BCUT2D eigenvalue weighted by atomic mass is 32.2. The predicted octanol–water partition coefficient (Wildman–Crippen LogP) is 1.97. The Morgan fingerprint density at radius 3 is 2.24 bits per heavy atom. The van der Waals surface area contributed by atoms with E-state index in [2.05, 4.69) is 44.7 Å². The van der Waals surface area contributed by atoms with E-state index in [0.29, 0.717) is 31.6 Å². The van der Waals surface area contributed by atoms with Gasteiger partial charge in [0.1, 0.15) is 0 Å². The lowest BCUT2D eigenvalue weighted by Crippen LogP contribution is -2.46. The highest BCUT2D eigenvalue weighted by molar-refractivity contribution is 7.87. The van der Waals surface area contributed by atoms with Gasteiger partial charge in [-0.25, -0.2) is 4.72 Å². The molecule has 0 saturated carbocycles. The van der Waals surface area contributed by atoms with Gasteiger partial charge in [0.25, 0.3) is 10.2 Å². The van der Waals surface area contributed by atoms with Crippen LogP contribution >= 0.6 is 0 Å². The highest BCUT2D eigenvalue weighted by Crippen LogP contribution is 2.20. The summed E-state index contributed by atoms with van der Waals surface area (Å²) in [5, 5.41) is 3.44. The van der Waals surface area contributed by atoms with Gasteiger partial charge in [0.15, 0.2) is 0 Å². The zero-order chi connectivity index (χ0) is 16.1.